The molecule has 4 aromatic rings. The number of hydrogen-bond donors (Lipinski definition) is 0. The van der Waals surface area contributed by atoms with Crippen LogP contribution in [0.4, 0.5) is 10.3 Å². The number of aromatic nitrogens is 1. The Kier molecular flexibility index (Phi) is 7.09. The van der Waals surface area contributed by atoms with E-state index < -0.39 is 0 Å². The van der Waals surface area contributed by atoms with E-state index in [9.17, 15) is 9.18 Å². The lowest BCUT2D eigenvalue weighted by atomic mass is 10.0. The lowest BCUT2D eigenvalue weighted by Crippen LogP contribution is -2.37. The van der Waals surface area contributed by atoms with Gasteiger partial charge < -0.3 is 19.1 Å². The lowest BCUT2D eigenvalue weighted by Gasteiger charge is -2.28. The molecule has 36 heavy (non-hydrogen) atoms. The fourth-order valence-corrected chi connectivity index (χ4v) is 4.45. The molecular weight excluding hydrogens is 457 g/mol. The van der Waals surface area contributed by atoms with Gasteiger partial charge in [0.25, 0.3) is 5.91 Å². The SMILES string of the molecule is Cc1cccc(-c2noc(N3CCOCC3)c2CN(Cc2ccccc2)C(=O)c2ccc(F)cc2)c1. The topological polar surface area (TPSA) is 58.8 Å². The maximum absolute atomic E-state index is 13.7. The Hall–Kier alpha value is -3.97. The molecule has 1 amide bonds. The summed E-state index contributed by atoms with van der Waals surface area (Å²) >= 11 is 0. The van der Waals surface area contributed by atoms with E-state index in [1.54, 1.807) is 4.90 Å². The van der Waals surface area contributed by atoms with Crippen molar-refractivity contribution in [3.63, 3.8) is 0 Å². The van der Waals surface area contributed by atoms with E-state index in [4.69, 9.17) is 9.26 Å². The summed E-state index contributed by atoms with van der Waals surface area (Å²) in [7, 11) is 0. The van der Waals surface area contributed by atoms with Crippen LogP contribution in [0.2, 0.25) is 0 Å². The van der Waals surface area contributed by atoms with Gasteiger partial charge in [0.1, 0.15) is 11.5 Å². The Morgan fingerprint density at radius 1 is 0.972 bits per heavy atom. The van der Waals surface area contributed by atoms with Crippen LogP contribution in [0.3, 0.4) is 0 Å². The van der Waals surface area contributed by atoms with Crippen molar-refractivity contribution in [3.05, 3.63) is 107 Å². The lowest BCUT2D eigenvalue weighted by molar-refractivity contribution is 0.0729. The maximum Gasteiger partial charge on any atom is 0.254 e. The molecule has 0 bridgehead atoms. The van der Waals surface area contributed by atoms with E-state index in [-0.39, 0.29) is 18.3 Å². The van der Waals surface area contributed by atoms with Crippen molar-refractivity contribution in [1.29, 1.82) is 0 Å². The zero-order chi connectivity index (χ0) is 24.9. The summed E-state index contributed by atoms with van der Waals surface area (Å²) in [5.74, 6) is 0.0829. The number of ether oxygens (including phenoxy) is 1. The second-order valence-corrected chi connectivity index (χ2v) is 8.94. The van der Waals surface area contributed by atoms with E-state index in [1.807, 2.05) is 55.5 Å². The van der Waals surface area contributed by atoms with Gasteiger partial charge in [0.15, 0.2) is 0 Å². The molecule has 0 spiro atoms. The summed E-state index contributed by atoms with van der Waals surface area (Å²) in [6, 6.07) is 23.6. The molecule has 0 saturated carbocycles. The van der Waals surface area contributed by atoms with E-state index >= 15 is 0 Å². The van der Waals surface area contributed by atoms with Crippen LogP contribution in [0.5, 0.6) is 0 Å². The number of anilines is 1. The third kappa shape index (κ3) is 5.31. The number of morpholine rings is 1. The Bertz CT molecular complexity index is 1320. The molecule has 1 aliphatic heterocycles. The first-order chi connectivity index (χ1) is 17.6. The number of carbonyl (C=O) groups is 1. The highest BCUT2D eigenvalue weighted by Crippen LogP contribution is 2.34. The highest BCUT2D eigenvalue weighted by Gasteiger charge is 2.28. The number of rotatable bonds is 7. The molecule has 1 aromatic heterocycles. The number of nitrogens with zero attached hydrogens (tertiary/aromatic N) is 3. The van der Waals surface area contributed by atoms with Gasteiger partial charge in [-0.3, -0.25) is 4.79 Å². The first-order valence-corrected chi connectivity index (χ1v) is 12.1. The van der Waals surface area contributed by atoms with Gasteiger partial charge in [0.05, 0.1) is 25.3 Å². The molecule has 6 nitrogen and oxygen atoms in total. The van der Waals surface area contributed by atoms with E-state index in [0.717, 1.165) is 22.3 Å². The maximum atomic E-state index is 13.7. The van der Waals surface area contributed by atoms with E-state index in [1.165, 1.54) is 24.3 Å². The second kappa shape index (κ2) is 10.7. The first kappa shape index (κ1) is 23.8. The molecule has 1 fully saturated rings. The number of halogens is 1. The molecule has 0 radical (unpaired) electrons. The van der Waals surface area contributed by atoms with Crippen LogP contribution in [0.15, 0.2) is 83.4 Å². The Balaban J connectivity index is 1.56. The van der Waals surface area contributed by atoms with Crippen LogP contribution < -0.4 is 4.90 Å². The third-order valence-corrected chi connectivity index (χ3v) is 6.30. The van der Waals surface area contributed by atoms with Crippen LogP contribution in [-0.2, 0) is 17.8 Å². The van der Waals surface area contributed by atoms with E-state index in [2.05, 4.69) is 16.1 Å². The molecule has 0 N–H and O–H groups in total. The number of benzene rings is 3. The van der Waals surface area contributed by atoms with Gasteiger partial charge in [-0.05, 0) is 42.8 Å². The fraction of sp³-hybridized carbons (Fsp3) is 0.241. The van der Waals surface area contributed by atoms with Crippen molar-refractivity contribution < 1.29 is 18.4 Å². The molecule has 0 atom stereocenters. The highest BCUT2D eigenvalue weighted by molar-refractivity contribution is 5.94. The van der Waals surface area contributed by atoms with Gasteiger partial charge in [0.2, 0.25) is 5.88 Å². The Labute approximate surface area is 209 Å². The largest absolute Gasteiger partial charge is 0.378 e. The number of carbonyl (C=O) groups excluding carboxylic acids is 1. The van der Waals surface area contributed by atoms with Crippen molar-refractivity contribution in [2.75, 3.05) is 31.2 Å². The Morgan fingerprint density at radius 2 is 1.72 bits per heavy atom. The highest BCUT2D eigenvalue weighted by atomic mass is 19.1. The van der Waals surface area contributed by atoms with Gasteiger partial charge in [-0.25, -0.2) is 4.39 Å². The molecule has 7 heteroatoms. The quantitative estimate of drug-likeness (QED) is 0.348. The summed E-state index contributed by atoms with van der Waals surface area (Å²) in [5.41, 5.74) is 5.02. The summed E-state index contributed by atoms with van der Waals surface area (Å²) in [6.07, 6.45) is 0. The zero-order valence-electron chi connectivity index (χ0n) is 20.2. The van der Waals surface area contributed by atoms with Gasteiger partial charge in [-0.15, -0.1) is 0 Å². The van der Waals surface area contributed by atoms with Crippen LogP contribution in [0.1, 0.15) is 27.0 Å². The molecule has 0 unspecified atom stereocenters. The minimum Gasteiger partial charge on any atom is -0.378 e. The molecule has 2 heterocycles. The molecule has 1 saturated heterocycles. The third-order valence-electron chi connectivity index (χ3n) is 6.30. The van der Waals surface area contributed by atoms with Crippen molar-refractivity contribution in [3.8, 4) is 11.3 Å². The summed E-state index contributed by atoms with van der Waals surface area (Å²) in [6.45, 7) is 5.26. The van der Waals surface area contributed by atoms with Gasteiger partial charge in [-0.1, -0.05) is 59.3 Å². The predicted octanol–water partition coefficient (Wildman–Crippen LogP) is 5.47. The first-order valence-electron chi connectivity index (χ1n) is 12.1. The van der Waals surface area contributed by atoms with Crippen LogP contribution in [0.25, 0.3) is 11.3 Å². The molecule has 3 aromatic carbocycles. The minimum absolute atomic E-state index is 0.192. The van der Waals surface area contributed by atoms with Gasteiger partial charge >= 0.3 is 0 Å². The van der Waals surface area contributed by atoms with Crippen LogP contribution in [0, 0.1) is 12.7 Å². The minimum atomic E-state index is -0.378. The predicted molar refractivity (Wildman–Crippen MR) is 136 cm³/mol. The average molecular weight is 486 g/mol. The van der Waals surface area contributed by atoms with Crippen LogP contribution in [-0.4, -0.2) is 42.3 Å². The molecular formula is C29H28FN3O3. The normalized spacial score (nSPS) is 13.6. The van der Waals surface area contributed by atoms with E-state index in [0.29, 0.717) is 50.0 Å². The number of amides is 1. The summed E-state index contributed by atoms with van der Waals surface area (Å²) in [4.78, 5) is 17.6. The fourth-order valence-electron chi connectivity index (χ4n) is 4.45. The van der Waals surface area contributed by atoms with Crippen molar-refractivity contribution >= 4 is 11.8 Å². The molecule has 5 rings (SSSR count). The molecule has 0 aliphatic carbocycles. The zero-order valence-corrected chi connectivity index (χ0v) is 20.2. The summed E-state index contributed by atoms with van der Waals surface area (Å²) < 4.78 is 25.0. The second-order valence-electron chi connectivity index (χ2n) is 8.94. The van der Waals surface area contributed by atoms with Crippen molar-refractivity contribution in [2.45, 2.75) is 20.0 Å². The Morgan fingerprint density at radius 3 is 2.44 bits per heavy atom. The molecule has 1 aliphatic rings. The average Bonchev–Trinajstić information content (AvgIpc) is 3.33. The summed E-state index contributed by atoms with van der Waals surface area (Å²) in [5, 5.41) is 4.46. The number of aryl methyl sites for hydroxylation is 1. The van der Waals surface area contributed by atoms with Gasteiger partial charge in [0, 0.05) is 30.8 Å². The van der Waals surface area contributed by atoms with Gasteiger partial charge in [-0.2, -0.15) is 0 Å². The van der Waals surface area contributed by atoms with Crippen molar-refractivity contribution in [2.24, 2.45) is 0 Å². The number of hydrogen-bond acceptors (Lipinski definition) is 5. The van der Waals surface area contributed by atoms with Crippen molar-refractivity contribution in [1.82, 2.24) is 10.1 Å². The standard InChI is InChI=1S/C29H28FN3O3/c1-21-6-5-9-24(18-21)27-26(29(36-31-27)32-14-16-35-17-15-32)20-33(19-22-7-3-2-4-8-22)28(34)23-10-12-25(30)13-11-23/h2-13,18H,14-17,19-20H2,1H3. The molecule has 184 valence electrons. The van der Waals surface area contributed by atoms with Crippen LogP contribution >= 0.6 is 0 Å². The monoisotopic (exact) mass is 485 g/mol. The smallest absolute Gasteiger partial charge is 0.254 e.